The van der Waals surface area contributed by atoms with Crippen molar-refractivity contribution in [2.45, 2.75) is 99.3 Å². The second-order valence-corrected chi connectivity index (χ2v) is 18.3. The van der Waals surface area contributed by atoms with Crippen LogP contribution in [0.4, 0.5) is 29.7 Å². The maximum atomic E-state index is 14.4. The molecule has 0 aliphatic heterocycles. The minimum absolute atomic E-state index is 0.0115. The van der Waals surface area contributed by atoms with Crippen LogP contribution in [-0.2, 0) is 35.8 Å². The van der Waals surface area contributed by atoms with Crippen LogP contribution in [0.5, 0.6) is 11.5 Å². The van der Waals surface area contributed by atoms with Crippen molar-refractivity contribution in [3.05, 3.63) is 176 Å². The van der Waals surface area contributed by atoms with Crippen molar-refractivity contribution in [2.24, 2.45) is 0 Å². The molecule has 0 N–H and O–H groups in total. The number of rotatable bonds is 14. The second-order valence-electron chi connectivity index (χ2n) is 18.3. The van der Waals surface area contributed by atoms with E-state index in [0.29, 0.717) is 62.5 Å². The summed E-state index contributed by atoms with van der Waals surface area (Å²) >= 11 is 0. The van der Waals surface area contributed by atoms with Gasteiger partial charge in [0.25, 0.3) is 6.43 Å². The molecule has 2 aromatic heterocycles. The molecule has 6 rings (SSSR count). The first-order chi connectivity index (χ1) is 34.7. The molecule has 0 unspecified atom stereocenters. The standard InChI is InChI=1S/C28H26F2N4O3.C28H26N4O4/c1-18-25(36-17-21-7-5-6-20(12-21)14-32)24(26(29)30)22(15-33-18)16-34(27(35)37-28(2,3)4)23-10-8-19(13-31)9-11-23;1-19-26(35-18-22-7-5-6-21(12-22)14-30)25(17-33)23(15-31-19)16-32(27(34)36-28(2,3)4)24-10-8-20(13-29)9-11-24/h5-12,15,26H,16-17H2,1-4H3;5-12,15,17H,16,18H2,1-4H3. The lowest BCUT2D eigenvalue weighted by Gasteiger charge is -2.28. The molecular weight excluding hydrogens is 935 g/mol. The maximum absolute atomic E-state index is 14.4. The van der Waals surface area contributed by atoms with Gasteiger partial charge in [-0.25, -0.2) is 18.4 Å². The molecule has 0 aliphatic rings. The zero-order chi connectivity index (χ0) is 53.5. The smallest absolute Gasteiger partial charge is 0.415 e. The first-order valence-corrected chi connectivity index (χ1v) is 22.6. The lowest BCUT2D eigenvalue weighted by Crippen LogP contribution is -2.36. The molecule has 15 nitrogen and oxygen atoms in total. The number of hydrogen-bond donors (Lipinski definition) is 0. The van der Waals surface area contributed by atoms with Gasteiger partial charge >= 0.3 is 12.2 Å². The zero-order valence-electron chi connectivity index (χ0n) is 41.6. The number of amides is 2. The molecule has 0 saturated heterocycles. The third kappa shape index (κ3) is 15.4. The highest BCUT2D eigenvalue weighted by molar-refractivity contribution is 5.90. The van der Waals surface area contributed by atoms with Crippen molar-refractivity contribution >= 4 is 29.8 Å². The van der Waals surface area contributed by atoms with Gasteiger partial charge in [0.15, 0.2) is 12.0 Å². The molecule has 73 heavy (non-hydrogen) atoms. The normalized spacial score (nSPS) is 10.8. The first-order valence-electron chi connectivity index (χ1n) is 22.6. The van der Waals surface area contributed by atoms with Crippen molar-refractivity contribution < 1.29 is 42.1 Å². The highest BCUT2D eigenvalue weighted by atomic mass is 19.3. The van der Waals surface area contributed by atoms with Crippen LogP contribution in [0.2, 0.25) is 0 Å². The van der Waals surface area contributed by atoms with Crippen molar-refractivity contribution in [3.8, 4) is 35.8 Å². The van der Waals surface area contributed by atoms with E-state index in [2.05, 4.69) is 22.1 Å². The number of nitriles is 4. The van der Waals surface area contributed by atoms with Crippen molar-refractivity contribution in [1.29, 1.82) is 21.0 Å². The van der Waals surface area contributed by atoms with Gasteiger partial charge in [0.05, 0.1) is 82.1 Å². The summed E-state index contributed by atoms with van der Waals surface area (Å²) < 4.78 is 51.7. The molecule has 0 radical (unpaired) electrons. The zero-order valence-corrected chi connectivity index (χ0v) is 41.6. The number of anilines is 2. The highest BCUT2D eigenvalue weighted by Gasteiger charge is 2.29. The van der Waals surface area contributed by atoms with E-state index >= 15 is 0 Å². The Morgan fingerprint density at radius 3 is 1.40 bits per heavy atom. The summed E-state index contributed by atoms with van der Waals surface area (Å²) in [4.78, 5) is 49.6. The van der Waals surface area contributed by atoms with E-state index < -0.39 is 29.8 Å². The molecule has 2 heterocycles. The lowest BCUT2D eigenvalue weighted by molar-refractivity contribution is 0.0566. The Kier molecular flexibility index (Phi) is 18.4. The summed E-state index contributed by atoms with van der Waals surface area (Å²) in [6.45, 7) is 13.5. The number of hydrogen-bond acceptors (Lipinski definition) is 13. The summed E-state index contributed by atoms with van der Waals surface area (Å²) in [7, 11) is 0. The van der Waals surface area contributed by atoms with Gasteiger partial charge in [-0.1, -0.05) is 24.3 Å². The number of ether oxygens (including phenoxy) is 4. The minimum atomic E-state index is -2.92. The predicted molar refractivity (Wildman–Crippen MR) is 266 cm³/mol. The second kappa shape index (κ2) is 24.6. The number of nitrogens with zero attached hydrogens (tertiary/aromatic N) is 8. The Labute approximate surface area is 423 Å². The molecule has 0 fully saturated rings. The lowest BCUT2D eigenvalue weighted by atomic mass is 10.1. The topological polar surface area (TPSA) is 216 Å². The molecule has 0 aliphatic carbocycles. The van der Waals surface area contributed by atoms with Gasteiger partial charge < -0.3 is 18.9 Å². The fraction of sp³-hybridized carbons (Fsp3) is 0.268. The number of alkyl halides is 2. The molecule has 2 amide bonds. The van der Waals surface area contributed by atoms with E-state index in [1.807, 2.05) is 18.2 Å². The third-order valence-corrected chi connectivity index (χ3v) is 10.4. The quantitative estimate of drug-likeness (QED) is 0.0929. The Morgan fingerprint density at radius 2 is 1.00 bits per heavy atom. The van der Waals surface area contributed by atoms with Crippen LogP contribution in [-0.4, -0.2) is 39.6 Å². The van der Waals surface area contributed by atoms with Gasteiger partial charge in [-0.15, -0.1) is 0 Å². The van der Waals surface area contributed by atoms with Crippen LogP contribution in [0.1, 0.15) is 120 Å². The number of benzene rings is 4. The number of aryl methyl sites for hydroxylation is 2. The third-order valence-electron chi connectivity index (χ3n) is 10.4. The minimum Gasteiger partial charge on any atom is -0.486 e. The summed E-state index contributed by atoms with van der Waals surface area (Å²) in [5.74, 6) is 0.215. The predicted octanol–water partition coefficient (Wildman–Crippen LogP) is 12.1. The van der Waals surface area contributed by atoms with E-state index in [-0.39, 0.29) is 54.4 Å². The molecule has 0 spiro atoms. The van der Waals surface area contributed by atoms with Crippen LogP contribution in [0.3, 0.4) is 0 Å². The van der Waals surface area contributed by atoms with E-state index in [1.54, 1.807) is 134 Å². The number of aromatic nitrogens is 2. The number of aldehydes is 1. The Hall–Kier alpha value is -9.19. The summed E-state index contributed by atoms with van der Waals surface area (Å²) in [6, 6.07) is 34.5. The van der Waals surface area contributed by atoms with Gasteiger partial charge in [0.1, 0.15) is 30.2 Å². The molecule has 372 valence electrons. The van der Waals surface area contributed by atoms with Crippen LogP contribution >= 0.6 is 0 Å². The van der Waals surface area contributed by atoms with Crippen LogP contribution < -0.4 is 19.3 Å². The molecule has 17 heteroatoms. The highest BCUT2D eigenvalue weighted by Crippen LogP contribution is 2.36. The summed E-state index contributed by atoms with van der Waals surface area (Å²) in [6.07, 6.45) is -0.769. The fourth-order valence-electron chi connectivity index (χ4n) is 6.97. The van der Waals surface area contributed by atoms with Gasteiger partial charge in [-0.3, -0.25) is 24.6 Å². The molecule has 0 saturated carbocycles. The Bertz CT molecular complexity index is 3120. The number of pyridine rings is 2. The Balaban J connectivity index is 0.000000271. The Morgan fingerprint density at radius 1 is 0.603 bits per heavy atom. The monoisotopic (exact) mass is 986 g/mol. The van der Waals surface area contributed by atoms with Gasteiger partial charge in [0.2, 0.25) is 0 Å². The van der Waals surface area contributed by atoms with Crippen molar-refractivity contribution in [2.75, 3.05) is 9.80 Å². The van der Waals surface area contributed by atoms with E-state index in [0.717, 1.165) is 5.56 Å². The van der Waals surface area contributed by atoms with Gasteiger partial charge in [0, 0.05) is 34.9 Å². The molecule has 4 aromatic carbocycles. The number of halogens is 2. The number of carbonyl (C=O) groups excluding carboxylic acids is 3. The molecular formula is C56H52F2N8O7. The van der Waals surface area contributed by atoms with Gasteiger partial charge in [-0.05, 0) is 139 Å². The van der Waals surface area contributed by atoms with E-state index in [9.17, 15) is 23.2 Å². The molecule has 0 atom stereocenters. The van der Waals surface area contributed by atoms with Gasteiger partial charge in [-0.2, -0.15) is 21.0 Å². The average Bonchev–Trinajstić information content (AvgIpc) is 3.36. The maximum Gasteiger partial charge on any atom is 0.415 e. The van der Waals surface area contributed by atoms with E-state index in [1.165, 1.54) is 34.3 Å². The van der Waals surface area contributed by atoms with Crippen molar-refractivity contribution in [3.63, 3.8) is 0 Å². The summed E-state index contributed by atoms with van der Waals surface area (Å²) in [5.41, 5.74) is 3.66. The number of carbonyl (C=O) groups is 3. The summed E-state index contributed by atoms with van der Waals surface area (Å²) in [5, 5.41) is 36.5. The average molecular weight is 987 g/mol. The molecule has 0 bridgehead atoms. The van der Waals surface area contributed by atoms with Crippen molar-refractivity contribution in [1.82, 2.24) is 9.97 Å². The van der Waals surface area contributed by atoms with Crippen LogP contribution in [0.15, 0.2) is 109 Å². The van der Waals surface area contributed by atoms with Crippen LogP contribution in [0, 0.1) is 59.2 Å². The van der Waals surface area contributed by atoms with Crippen LogP contribution in [0.25, 0.3) is 0 Å². The van der Waals surface area contributed by atoms with E-state index in [4.69, 9.17) is 40.0 Å². The molecule has 6 aromatic rings. The fourth-order valence-corrected chi connectivity index (χ4v) is 6.97. The first kappa shape index (κ1) is 54.7. The largest absolute Gasteiger partial charge is 0.486 e. The SMILES string of the molecule is Cc1ncc(CN(C(=O)OC(C)(C)C)c2ccc(C#N)cc2)c(C(F)F)c1OCc1cccc(C#N)c1.Cc1ncc(CN(C(=O)OC(C)(C)C)c2ccc(C#N)cc2)c(C=O)c1OCc1cccc(C#N)c1.